The van der Waals surface area contributed by atoms with Gasteiger partial charge < -0.3 is 4.90 Å². The summed E-state index contributed by atoms with van der Waals surface area (Å²) in [6.45, 7) is 18.9. The third-order valence-corrected chi connectivity index (χ3v) is 16.6. The van der Waals surface area contributed by atoms with Gasteiger partial charge in [-0.25, -0.2) is 0 Å². The van der Waals surface area contributed by atoms with Gasteiger partial charge in [-0.2, -0.15) is 0 Å². The maximum atomic E-state index is 2.55. The zero-order valence-electron chi connectivity index (χ0n) is 43.3. The molecule has 13 rings (SSSR count). The van der Waals surface area contributed by atoms with Gasteiger partial charge in [-0.3, -0.25) is 0 Å². The molecule has 0 bridgehead atoms. The highest BCUT2D eigenvalue weighted by Gasteiger charge is 2.53. The van der Waals surface area contributed by atoms with Crippen molar-refractivity contribution in [2.24, 2.45) is 0 Å². The first-order valence-corrected chi connectivity index (χ1v) is 26.2. The number of benzene rings is 10. The van der Waals surface area contributed by atoms with Gasteiger partial charge in [0.15, 0.2) is 0 Å². The second-order valence-electron chi connectivity index (χ2n) is 23.3. The van der Waals surface area contributed by atoms with Gasteiger partial charge in [0, 0.05) is 22.4 Å². The third-order valence-electron chi connectivity index (χ3n) is 16.6. The van der Waals surface area contributed by atoms with Crippen LogP contribution in [0.1, 0.15) is 99.9 Å². The van der Waals surface area contributed by atoms with E-state index in [2.05, 4.69) is 285 Å². The first-order valence-electron chi connectivity index (χ1n) is 26.2. The summed E-state index contributed by atoms with van der Waals surface area (Å²) in [4.78, 5) is 2.47. The van der Waals surface area contributed by atoms with Gasteiger partial charge in [0.05, 0.1) is 11.1 Å². The molecule has 0 unspecified atom stereocenters. The van der Waals surface area contributed by atoms with Gasteiger partial charge in [0.2, 0.25) is 0 Å². The van der Waals surface area contributed by atoms with E-state index < -0.39 is 5.41 Å². The number of rotatable bonds is 6. The molecular weight excluding hydrogens is 879 g/mol. The van der Waals surface area contributed by atoms with Crippen LogP contribution in [0.2, 0.25) is 0 Å². The average molecular weight is 940 g/mol. The normalized spacial score (nSPS) is 14.2. The Morgan fingerprint density at radius 3 is 1.45 bits per heavy atom. The Balaban J connectivity index is 0.999. The lowest BCUT2D eigenvalue weighted by molar-refractivity contribution is 0.587. The molecule has 10 aromatic carbocycles. The summed E-state index contributed by atoms with van der Waals surface area (Å²) in [6.07, 6.45) is 0. The summed E-state index contributed by atoms with van der Waals surface area (Å²) in [7, 11) is 0. The highest BCUT2D eigenvalue weighted by molar-refractivity contribution is 6.00. The van der Waals surface area contributed by atoms with Crippen LogP contribution in [-0.2, 0) is 21.7 Å². The smallest absolute Gasteiger partial charge is 0.0731 e. The molecule has 10 aromatic rings. The lowest BCUT2D eigenvalue weighted by Crippen LogP contribution is -2.28. The fraction of sp³-hybridized carbons (Fsp3) is 0.167. The molecule has 73 heavy (non-hydrogen) atoms. The molecule has 0 amide bonds. The van der Waals surface area contributed by atoms with Crippen molar-refractivity contribution in [3.63, 3.8) is 0 Å². The van der Waals surface area contributed by atoms with Gasteiger partial charge in [-0.1, -0.05) is 250 Å². The average Bonchev–Trinajstić information content (AvgIpc) is 3.99. The van der Waals surface area contributed by atoms with Crippen LogP contribution in [0.15, 0.2) is 224 Å². The molecule has 0 saturated heterocycles. The highest BCUT2D eigenvalue weighted by Crippen LogP contribution is 2.66. The van der Waals surface area contributed by atoms with Crippen molar-refractivity contribution < 1.29 is 0 Å². The van der Waals surface area contributed by atoms with E-state index in [1.807, 2.05) is 0 Å². The van der Waals surface area contributed by atoms with E-state index in [-0.39, 0.29) is 16.2 Å². The Morgan fingerprint density at radius 1 is 0.329 bits per heavy atom. The minimum absolute atomic E-state index is 0.0155. The molecule has 1 nitrogen and oxygen atoms in total. The topological polar surface area (TPSA) is 3.24 Å². The Morgan fingerprint density at radius 2 is 0.808 bits per heavy atom. The van der Waals surface area contributed by atoms with Crippen LogP contribution in [0, 0.1) is 0 Å². The van der Waals surface area contributed by atoms with E-state index in [4.69, 9.17) is 0 Å². The second-order valence-corrected chi connectivity index (χ2v) is 23.3. The molecule has 1 heteroatoms. The molecule has 3 aliphatic carbocycles. The van der Waals surface area contributed by atoms with Gasteiger partial charge in [0.1, 0.15) is 0 Å². The van der Waals surface area contributed by atoms with E-state index >= 15 is 0 Å². The van der Waals surface area contributed by atoms with Crippen LogP contribution in [0.3, 0.4) is 0 Å². The summed E-state index contributed by atoms with van der Waals surface area (Å²) in [6, 6.07) is 85.1. The molecule has 0 fully saturated rings. The van der Waals surface area contributed by atoms with Crippen molar-refractivity contribution >= 4 is 17.1 Å². The van der Waals surface area contributed by atoms with Crippen molar-refractivity contribution in [1.82, 2.24) is 0 Å². The molecule has 0 aromatic heterocycles. The Labute approximate surface area is 432 Å². The van der Waals surface area contributed by atoms with E-state index in [0.29, 0.717) is 0 Å². The van der Waals surface area contributed by atoms with E-state index in [0.717, 1.165) is 17.1 Å². The highest BCUT2D eigenvalue weighted by atomic mass is 15.1. The van der Waals surface area contributed by atoms with Gasteiger partial charge in [-0.15, -0.1) is 0 Å². The number of para-hydroxylation sites is 1. The predicted octanol–water partition coefficient (Wildman–Crippen LogP) is 19.4. The number of hydrogen-bond donors (Lipinski definition) is 0. The molecule has 0 N–H and O–H groups in total. The van der Waals surface area contributed by atoms with Crippen LogP contribution in [0.25, 0.3) is 66.8 Å². The lowest BCUT2D eigenvalue weighted by Gasteiger charge is -2.35. The van der Waals surface area contributed by atoms with Gasteiger partial charge in [-0.05, 0) is 147 Å². The van der Waals surface area contributed by atoms with E-state index in [9.17, 15) is 0 Å². The second kappa shape index (κ2) is 16.3. The molecule has 1 spiro atoms. The van der Waals surface area contributed by atoms with Crippen LogP contribution < -0.4 is 4.90 Å². The van der Waals surface area contributed by atoms with Crippen LogP contribution in [0.5, 0.6) is 0 Å². The first-order chi connectivity index (χ1) is 35.2. The van der Waals surface area contributed by atoms with Gasteiger partial charge >= 0.3 is 0 Å². The molecular formula is C72H61N. The largest absolute Gasteiger partial charge is 0.310 e. The maximum absolute atomic E-state index is 2.55. The van der Waals surface area contributed by atoms with Crippen LogP contribution in [0.4, 0.5) is 17.1 Å². The van der Waals surface area contributed by atoms with Crippen molar-refractivity contribution in [3.8, 4) is 66.8 Å². The summed E-state index contributed by atoms with van der Waals surface area (Å²) in [5.74, 6) is 0. The summed E-state index contributed by atoms with van der Waals surface area (Å²) >= 11 is 0. The standard InChI is InChI=1S/C72H61N/c1-69(2,3)50-36-40-58-59-42-43-63(70(4,5)6)67(68(59)72(65(58)44-50)61-27-17-13-24-55(61)56-25-14-18-28-62(56)72)49-32-30-48(31-33-49)53-22-15-19-29-66(53)73(51-37-34-47(35-38-51)46-20-10-9-11-21-46)52-39-41-57-54-23-12-16-26-60(54)71(7,8)64(57)45-52/h9-45H,1-8H3. The molecule has 3 aliphatic rings. The lowest BCUT2D eigenvalue weighted by atomic mass is 9.66. The molecule has 0 atom stereocenters. The zero-order chi connectivity index (χ0) is 50.0. The molecule has 0 aliphatic heterocycles. The maximum Gasteiger partial charge on any atom is 0.0731 e. The van der Waals surface area contributed by atoms with Crippen molar-refractivity contribution in [1.29, 1.82) is 0 Å². The fourth-order valence-corrected chi connectivity index (χ4v) is 13.0. The summed E-state index contributed by atoms with van der Waals surface area (Å²) < 4.78 is 0. The van der Waals surface area contributed by atoms with Crippen LogP contribution in [-0.4, -0.2) is 0 Å². The SMILES string of the molecule is CC(C)(C)c1ccc2c(c1)C1(c3ccccc3-c3ccccc31)c1c-2ccc(C(C)(C)C)c1-c1ccc(-c2ccccc2N(c2ccc(-c3ccccc3)cc2)c2ccc3c(c2)C(C)(C)c2ccccc2-3)cc1. The minimum Gasteiger partial charge on any atom is -0.310 e. The number of fused-ring (bicyclic) bond motifs is 13. The number of hydrogen-bond acceptors (Lipinski definition) is 1. The predicted molar refractivity (Wildman–Crippen MR) is 309 cm³/mol. The number of nitrogens with zero attached hydrogens (tertiary/aromatic N) is 1. The Hall–Kier alpha value is -8.00. The van der Waals surface area contributed by atoms with Crippen molar-refractivity contribution in [2.45, 2.75) is 77.0 Å². The summed E-state index contributed by atoms with van der Waals surface area (Å²) in [5, 5.41) is 0. The molecule has 0 heterocycles. The molecule has 0 saturated carbocycles. The van der Waals surface area contributed by atoms with Crippen molar-refractivity contribution in [2.75, 3.05) is 4.90 Å². The third kappa shape index (κ3) is 6.74. The molecule has 0 radical (unpaired) electrons. The first kappa shape index (κ1) is 44.9. The quantitative estimate of drug-likeness (QED) is 0.161. The Bertz CT molecular complexity index is 3770. The van der Waals surface area contributed by atoms with E-state index in [1.54, 1.807) is 0 Å². The van der Waals surface area contributed by atoms with Crippen molar-refractivity contribution in [3.05, 3.63) is 269 Å². The van der Waals surface area contributed by atoms with Gasteiger partial charge in [0.25, 0.3) is 0 Å². The number of anilines is 3. The minimum atomic E-state index is -0.497. The molecule has 354 valence electrons. The summed E-state index contributed by atoms with van der Waals surface area (Å²) in [5.41, 5.74) is 28.9. The van der Waals surface area contributed by atoms with E-state index in [1.165, 1.54) is 111 Å². The Kier molecular flexibility index (Phi) is 10.0. The monoisotopic (exact) mass is 939 g/mol. The zero-order valence-corrected chi connectivity index (χ0v) is 43.3. The fourth-order valence-electron chi connectivity index (χ4n) is 13.0. The van der Waals surface area contributed by atoms with Crippen LogP contribution >= 0.6 is 0 Å².